The van der Waals surface area contributed by atoms with Gasteiger partial charge in [0.2, 0.25) is 0 Å². The zero-order valence-electron chi connectivity index (χ0n) is 9.89. The molecule has 2 aliphatic heterocycles. The number of carbonyl (C=O) groups excluding carboxylic acids is 1. The molecule has 17 heavy (non-hydrogen) atoms. The van der Waals surface area contributed by atoms with Crippen LogP contribution in [0, 0.1) is 18.8 Å². The fourth-order valence-electron chi connectivity index (χ4n) is 2.28. The van der Waals surface area contributed by atoms with Gasteiger partial charge in [0.25, 0.3) is 0 Å². The van der Waals surface area contributed by atoms with Crippen LogP contribution in [0.3, 0.4) is 0 Å². The zero-order chi connectivity index (χ0) is 11.8. The molecular weight excluding hydrogens is 216 g/mol. The zero-order valence-corrected chi connectivity index (χ0v) is 9.89. The smallest absolute Gasteiger partial charge is 0.145 e. The van der Waals surface area contributed by atoms with Crippen LogP contribution in [0.4, 0.5) is 5.82 Å². The van der Waals surface area contributed by atoms with Crippen LogP contribution in [0.1, 0.15) is 5.69 Å². The lowest BCUT2D eigenvalue weighted by Crippen LogP contribution is -2.57. The summed E-state index contributed by atoms with van der Waals surface area (Å²) in [6.45, 7) is 5.30. The Morgan fingerprint density at radius 3 is 2.71 bits per heavy atom. The molecule has 2 fully saturated rings. The van der Waals surface area contributed by atoms with Crippen molar-refractivity contribution in [3.8, 4) is 0 Å². The minimum Gasteiger partial charge on any atom is -0.355 e. The summed E-state index contributed by atoms with van der Waals surface area (Å²) in [6.07, 6.45) is 1.58. The molecule has 0 aliphatic carbocycles. The number of nitrogens with zero attached hydrogens (tertiary/aromatic N) is 3. The minimum absolute atomic E-state index is 0.206. The fraction of sp³-hybridized carbons (Fsp3) is 0.583. The Morgan fingerprint density at radius 2 is 2.12 bits per heavy atom. The molecule has 90 valence electrons. The highest BCUT2D eigenvalue weighted by Gasteiger charge is 2.38. The Hall–Kier alpha value is -1.49. The summed E-state index contributed by atoms with van der Waals surface area (Å²) in [4.78, 5) is 22.4. The number of carbonyl (C=O) groups is 1. The fourth-order valence-corrected chi connectivity index (χ4v) is 2.28. The first kappa shape index (κ1) is 10.7. The van der Waals surface area contributed by atoms with Crippen LogP contribution in [-0.2, 0) is 4.79 Å². The Bertz CT molecular complexity index is 438. The lowest BCUT2D eigenvalue weighted by atomic mass is 9.84. The third-order valence-electron chi connectivity index (χ3n) is 3.58. The van der Waals surface area contributed by atoms with Gasteiger partial charge in [0.05, 0.1) is 5.92 Å². The summed E-state index contributed by atoms with van der Waals surface area (Å²) in [5.74, 6) is 1.82. The van der Waals surface area contributed by atoms with E-state index in [4.69, 9.17) is 0 Å². The van der Waals surface area contributed by atoms with Crippen molar-refractivity contribution in [2.45, 2.75) is 6.92 Å². The first-order valence-electron chi connectivity index (χ1n) is 6.02. The Labute approximate surface area is 100 Å². The van der Waals surface area contributed by atoms with Crippen LogP contribution in [0.15, 0.2) is 12.4 Å². The van der Waals surface area contributed by atoms with Crippen molar-refractivity contribution in [2.75, 3.05) is 31.1 Å². The van der Waals surface area contributed by atoms with Crippen molar-refractivity contribution in [2.24, 2.45) is 11.8 Å². The van der Waals surface area contributed by atoms with Gasteiger partial charge in [-0.2, -0.15) is 0 Å². The minimum atomic E-state index is 0.206. The molecule has 0 amide bonds. The summed E-state index contributed by atoms with van der Waals surface area (Å²) in [5.41, 5.74) is 0.966. The molecule has 0 unspecified atom stereocenters. The molecule has 0 spiro atoms. The van der Waals surface area contributed by atoms with Crippen LogP contribution in [0.25, 0.3) is 0 Å². The lowest BCUT2D eigenvalue weighted by molar-refractivity contribution is -0.129. The van der Waals surface area contributed by atoms with E-state index in [1.165, 1.54) is 0 Å². The molecule has 3 heterocycles. The highest BCUT2D eigenvalue weighted by molar-refractivity contribution is 5.87. The summed E-state index contributed by atoms with van der Waals surface area (Å²) < 4.78 is 0. The van der Waals surface area contributed by atoms with E-state index in [2.05, 4.69) is 20.2 Å². The van der Waals surface area contributed by atoms with E-state index in [1.807, 2.05) is 13.0 Å². The topological polar surface area (TPSA) is 58.1 Å². The number of hydrogen-bond donors (Lipinski definition) is 1. The average molecular weight is 232 g/mol. The van der Waals surface area contributed by atoms with E-state index in [-0.39, 0.29) is 11.8 Å². The summed E-state index contributed by atoms with van der Waals surface area (Å²) in [7, 11) is 0. The van der Waals surface area contributed by atoms with Gasteiger partial charge in [-0.3, -0.25) is 4.79 Å². The molecule has 5 heteroatoms. The van der Waals surface area contributed by atoms with Crippen molar-refractivity contribution in [3.05, 3.63) is 18.1 Å². The van der Waals surface area contributed by atoms with E-state index in [0.29, 0.717) is 5.78 Å². The number of hydrogen-bond acceptors (Lipinski definition) is 5. The molecule has 0 aromatic carbocycles. The molecule has 2 aliphatic rings. The Morgan fingerprint density at radius 1 is 1.35 bits per heavy atom. The van der Waals surface area contributed by atoms with E-state index in [0.717, 1.165) is 37.7 Å². The second kappa shape index (κ2) is 4.07. The second-order valence-electron chi connectivity index (χ2n) is 4.88. The van der Waals surface area contributed by atoms with E-state index < -0.39 is 0 Å². The van der Waals surface area contributed by atoms with Gasteiger partial charge in [-0.05, 0) is 6.92 Å². The van der Waals surface area contributed by atoms with E-state index in [9.17, 15) is 4.79 Å². The number of rotatable bonds is 3. The van der Waals surface area contributed by atoms with Crippen LogP contribution < -0.4 is 10.2 Å². The maximum atomic E-state index is 12.0. The molecule has 1 aromatic heterocycles. The van der Waals surface area contributed by atoms with Gasteiger partial charge in [-0.25, -0.2) is 9.97 Å². The standard InChI is InChI=1S/C12H16N4O/c1-8-2-11(15-7-14-8)16-5-10(6-16)12(17)9-3-13-4-9/h2,7,9-10,13H,3-6H2,1H3. The van der Waals surface area contributed by atoms with Crippen LogP contribution in [0.2, 0.25) is 0 Å². The maximum absolute atomic E-state index is 12.0. The highest BCUT2D eigenvalue weighted by atomic mass is 16.1. The van der Waals surface area contributed by atoms with Crippen LogP contribution >= 0.6 is 0 Å². The molecule has 1 N–H and O–H groups in total. The first-order valence-corrected chi connectivity index (χ1v) is 6.02. The number of ketones is 1. The van der Waals surface area contributed by atoms with Crippen molar-refractivity contribution in [1.82, 2.24) is 15.3 Å². The molecule has 0 atom stereocenters. The van der Waals surface area contributed by atoms with Gasteiger partial charge >= 0.3 is 0 Å². The number of aryl methyl sites for hydroxylation is 1. The first-order chi connectivity index (χ1) is 8.24. The molecule has 0 saturated carbocycles. The summed E-state index contributed by atoms with van der Waals surface area (Å²) in [5, 5.41) is 3.14. The van der Waals surface area contributed by atoms with Gasteiger partial charge in [0, 0.05) is 43.9 Å². The van der Waals surface area contributed by atoms with Gasteiger partial charge in [0.1, 0.15) is 17.9 Å². The van der Waals surface area contributed by atoms with Crippen molar-refractivity contribution in [3.63, 3.8) is 0 Å². The largest absolute Gasteiger partial charge is 0.355 e. The monoisotopic (exact) mass is 232 g/mol. The quantitative estimate of drug-likeness (QED) is 0.795. The van der Waals surface area contributed by atoms with Gasteiger partial charge in [0.15, 0.2) is 0 Å². The van der Waals surface area contributed by atoms with E-state index >= 15 is 0 Å². The highest BCUT2D eigenvalue weighted by Crippen LogP contribution is 2.26. The van der Waals surface area contributed by atoms with Crippen LogP contribution in [-0.4, -0.2) is 41.9 Å². The predicted molar refractivity (Wildman–Crippen MR) is 63.8 cm³/mol. The Balaban J connectivity index is 1.59. The third kappa shape index (κ3) is 1.91. The van der Waals surface area contributed by atoms with Gasteiger partial charge in [-0.15, -0.1) is 0 Å². The molecule has 3 rings (SSSR count). The predicted octanol–water partition coefficient (Wildman–Crippen LogP) is 0.00972. The average Bonchev–Trinajstić information content (AvgIpc) is 2.12. The van der Waals surface area contributed by atoms with Crippen LogP contribution in [0.5, 0.6) is 0 Å². The third-order valence-corrected chi connectivity index (χ3v) is 3.58. The maximum Gasteiger partial charge on any atom is 0.145 e. The molecule has 5 nitrogen and oxygen atoms in total. The normalized spacial score (nSPS) is 20.9. The van der Waals surface area contributed by atoms with Gasteiger partial charge in [-0.1, -0.05) is 0 Å². The summed E-state index contributed by atoms with van der Waals surface area (Å²) >= 11 is 0. The van der Waals surface area contributed by atoms with Crippen molar-refractivity contribution >= 4 is 11.6 Å². The van der Waals surface area contributed by atoms with E-state index in [1.54, 1.807) is 6.33 Å². The summed E-state index contributed by atoms with van der Waals surface area (Å²) in [6, 6.07) is 1.96. The molecule has 1 aromatic rings. The lowest BCUT2D eigenvalue weighted by Gasteiger charge is -2.42. The molecule has 2 saturated heterocycles. The molecular formula is C12H16N4O. The number of Topliss-reactive ketones (excluding diaryl/α,β-unsaturated/α-hetero) is 1. The van der Waals surface area contributed by atoms with Crippen molar-refractivity contribution < 1.29 is 4.79 Å². The van der Waals surface area contributed by atoms with Gasteiger partial charge < -0.3 is 10.2 Å². The molecule has 0 bridgehead atoms. The number of anilines is 1. The second-order valence-corrected chi connectivity index (χ2v) is 4.88. The number of nitrogens with one attached hydrogen (secondary N) is 1. The van der Waals surface area contributed by atoms with Crippen molar-refractivity contribution in [1.29, 1.82) is 0 Å². The Kier molecular flexibility index (Phi) is 2.55. The number of aromatic nitrogens is 2. The molecule has 0 radical (unpaired) electrons. The SMILES string of the molecule is Cc1cc(N2CC(C(=O)C3CNC3)C2)ncn1.